The maximum atomic E-state index is 12.0. The highest BCUT2D eigenvalue weighted by atomic mass is 16.5. The van der Waals surface area contributed by atoms with Crippen molar-refractivity contribution in [3.05, 3.63) is 29.3 Å². The monoisotopic (exact) mass is 247 g/mol. The Labute approximate surface area is 109 Å². The summed E-state index contributed by atoms with van der Waals surface area (Å²) >= 11 is 0. The minimum Gasteiger partial charge on any atom is -0.381 e. The number of aryl methyl sites for hydroxylation is 2. The topological polar surface area (TPSA) is 38.3 Å². The fourth-order valence-electron chi connectivity index (χ4n) is 2.30. The molecule has 3 nitrogen and oxygen atoms in total. The van der Waals surface area contributed by atoms with Gasteiger partial charge in [0.1, 0.15) is 0 Å². The maximum absolute atomic E-state index is 12.0. The number of amides is 1. The predicted molar refractivity (Wildman–Crippen MR) is 72.7 cm³/mol. The first-order valence-electron chi connectivity index (χ1n) is 6.60. The number of ether oxygens (including phenoxy) is 1. The van der Waals surface area contributed by atoms with E-state index >= 15 is 0 Å². The molecule has 1 atom stereocenters. The third kappa shape index (κ3) is 3.57. The summed E-state index contributed by atoms with van der Waals surface area (Å²) in [5.74, 6) is 0.475. The van der Waals surface area contributed by atoms with Gasteiger partial charge in [0.2, 0.25) is 5.91 Å². The first-order valence-corrected chi connectivity index (χ1v) is 6.60. The van der Waals surface area contributed by atoms with E-state index in [1.165, 1.54) is 0 Å². The van der Waals surface area contributed by atoms with Crippen molar-refractivity contribution < 1.29 is 9.53 Å². The molecule has 3 heteroatoms. The summed E-state index contributed by atoms with van der Waals surface area (Å²) in [6.07, 6.45) is 2.73. The van der Waals surface area contributed by atoms with Gasteiger partial charge in [-0.25, -0.2) is 0 Å². The van der Waals surface area contributed by atoms with Crippen molar-refractivity contribution in [2.45, 2.75) is 33.1 Å². The first kappa shape index (κ1) is 13.1. The van der Waals surface area contributed by atoms with Gasteiger partial charge in [0.05, 0.1) is 0 Å². The van der Waals surface area contributed by atoms with Crippen LogP contribution in [-0.2, 0) is 9.53 Å². The minimum atomic E-state index is 0.0965. The lowest BCUT2D eigenvalue weighted by molar-refractivity contribution is -0.118. The van der Waals surface area contributed by atoms with Gasteiger partial charge in [-0.1, -0.05) is 12.1 Å². The lowest BCUT2D eigenvalue weighted by Gasteiger charge is -2.21. The third-order valence-electron chi connectivity index (χ3n) is 3.40. The van der Waals surface area contributed by atoms with E-state index in [2.05, 4.69) is 11.4 Å². The van der Waals surface area contributed by atoms with Crippen molar-refractivity contribution in [3.63, 3.8) is 0 Å². The summed E-state index contributed by atoms with van der Waals surface area (Å²) in [7, 11) is 0. The Bertz CT molecular complexity index is 423. The number of hydrogen-bond acceptors (Lipinski definition) is 2. The number of hydrogen-bond donors (Lipinski definition) is 1. The summed E-state index contributed by atoms with van der Waals surface area (Å²) < 4.78 is 5.40. The van der Waals surface area contributed by atoms with Crippen LogP contribution in [0.3, 0.4) is 0 Å². The largest absolute Gasteiger partial charge is 0.381 e. The van der Waals surface area contributed by atoms with Gasteiger partial charge in [0.25, 0.3) is 0 Å². The van der Waals surface area contributed by atoms with Gasteiger partial charge in [-0.15, -0.1) is 0 Å². The van der Waals surface area contributed by atoms with Crippen molar-refractivity contribution in [2.24, 2.45) is 5.92 Å². The second kappa shape index (κ2) is 6.01. The summed E-state index contributed by atoms with van der Waals surface area (Å²) in [5.41, 5.74) is 3.20. The molecular formula is C15H21NO2. The van der Waals surface area contributed by atoms with Crippen LogP contribution in [-0.4, -0.2) is 19.1 Å². The molecule has 2 rings (SSSR count). The highest BCUT2D eigenvalue weighted by Gasteiger charge is 2.17. The van der Waals surface area contributed by atoms with Crippen molar-refractivity contribution in [1.29, 1.82) is 0 Å². The highest BCUT2D eigenvalue weighted by molar-refractivity contribution is 5.91. The normalized spacial score (nSPS) is 19.6. The molecule has 0 aromatic heterocycles. The molecule has 1 N–H and O–H groups in total. The standard InChI is InChI=1S/C15H21NO2/c1-11-5-6-12(2)14(8-11)16-15(17)9-13-4-3-7-18-10-13/h5-6,8,13H,3-4,7,9-10H2,1-2H3,(H,16,17). The molecule has 1 fully saturated rings. The zero-order chi connectivity index (χ0) is 13.0. The quantitative estimate of drug-likeness (QED) is 0.891. The number of rotatable bonds is 3. The van der Waals surface area contributed by atoms with Gasteiger partial charge < -0.3 is 10.1 Å². The van der Waals surface area contributed by atoms with Crippen LogP contribution in [0, 0.1) is 19.8 Å². The van der Waals surface area contributed by atoms with Crippen molar-refractivity contribution >= 4 is 11.6 Å². The molecule has 98 valence electrons. The Hall–Kier alpha value is -1.35. The summed E-state index contributed by atoms with van der Waals surface area (Å²) in [5, 5.41) is 3.00. The summed E-state index contributed by atoms with van der Waals surface area (Å²) in [4.78, 5) is 12.0. The van der Waals surface area contributed by atoms with Crippen molar-refractivity contribution in [1.82, 2.24) is 0 Å². The van der Waals surface area contributed by atoms with Gasteiger partial charge in [0, 0.05) is 25.3 Å². The van der Waals surface area contributed by atoms with Gasteiger partial charge in [-0.3, -0.25) is 4.79 Å². The van der Waals surface area contributed by atoms with Crippen LogP contribution in [0.1, 0.15) is 30.4 Å². The fourth-order valence-corrected chi connectivity index (χ4v) is 2.30. The van der Waals surface area contributed by atoms with Crippen LogP contribution < -0.4 is 5.32 Å². The zero-order valence-electron chi connectivity index (χ0n) is 11.2. The Kier molecular flexibility index (Phi) is 4.37. The smallest absolute Gasteiger partial charge is 0.224 e. The molecule has 1 aromatic carbocycles. The molecule has 1 aliphatic rings. The van der Waals surface area contributed by atoms with E-state index < -0.39 is 0 Å². The van der Waals surface area contributed by atoms with Crippen LogP contribution in [0.4, 0.5) is 5.69 Å². The Balaban J connectivity index is 1.92. The Morgan fingerprint density at radius 3 is 3.00 bits per heavy atom. The van der Waals surface area contributed by atoms with E-state index in [1.807, 2.05) is 26.0 Å². The maximum Gasteiger partial charge on any atom is 0.224 e. The van der Waals surface area contributed by atoms with Crippen LogP contribution >= 0.6 is 0 Å². The van der Waals surface area contributed by atoms with E-state index in [4.69, 9.17) is 4.74 Å². The molecule has 1 amide bonds. The number of nitrogens with one attached hydrogen (secondary N) is 1. The van der Waals surface area contributed by atoms with E-state index in [1.54, 1.807) is 0 Å². The lowest BCUT2D eigenvalue weighted by Crippen LogP contribution is -2.23. The molecule has 0 radical (unpaired) electrons. The molecular weight excluding hydrogens is 226 g/mol. The van der Waals surface area contributed by atoms with Crippen LogP contribution in [0.15, 0.2) is 18.2 Å². The molecule has 18 heavy (non-hydrogen) atoms. The third-order valence-corrected chi connectivity index (χ3v) is 3.40. The number of anilines is 1. The molecule has 1 saturated heterocycles. The first-order chi connectivity index (χ1) is 8.65. The molecule has 1 unspecified atom stereocenters. The van der Waals surface area contributed by atoms with E-state index in [0.717, 1.165) is 42.9 Å². The van der Waals surface area contributed by atoms with Crippen molar-refractivity contribution in [3.8, 4) is 0 Å². The average molecular weight is 247 g/mol. The minimum absolute atomic E-state index is 0.0965. The van der Waals surface area contributed by atoms with Gasteiger partial charge in [-0.05, 0) is 49.8 Å². The molecule has 1 aromatic rings. The molecule has 0 saturated carbocycles. The van der Waals surface area contributed by atoms with Gasteiger partial charge >= 0.3 is 0 Å². The predicted octanol–water partition coefficient (Wildman–Crippen LogP) is 3.06. The van der Waals surface area contributed by atoms with E-state index in [0.29, 0.717) is 12.3 Å². The Morgan fingerprint density at radius 2 is 2.28 bits per heavy atom. The number of benzene rings is 1. The molecule has 0 aliphatic carbocycles. The van der Waals surface area contributed by atoms with E-state index in [-0.39, 0.29) is 5.91 Å². The van der Waals surface area contributed by atoms with Crippen LogP contribution in [0.25, 0.3) is 0 Å². The molecule has 1 heterocycles. The second-order valence-electron chi connectivity index (χ2n) is 5.15. The van der Waals surface area contributed by atoms with Gasteiger partial charge in [-0.2, -0.15) is 0 Å². The lowest BCUT2D eigenvalue weighted by atomic mass is 9.98. The highest BCUT2D eigenvalue weighted by Crippen LogP contribution is 2.20. The molecule has 0 bridgehead atoms. The summed E-state index contributed by atoms with van der Waals surface area (Å²) in [6, 6.07) is 6.11. The number of carbonyl (C=O) groups is 1. The SMILES string of the molecule is Cc1ccc(C)c(NC(=O)CC2CCCOC2)c1. The fraction of sp³-hybridized carbons (Fsp3) is 0.533. The van der Waals surface area contributed by atoms with Crippen LogP contribution in [0.5, 0.6) is 0 Å². The molecule has 0 spiro atoms. The van der Waals surface area contributed by atoms with Crippen molar-refractivity contribution in [2.75, 3.05) is 18.5 Å². The second-order valence-corrected chi connectivity index (χ2v) is 5.15. The average Bonchev–Trinajstić information content (AvgIpc) is 2.35. The van der Waals surface area contributed by atoms with Crippen LogP contribution in [0.2, 0.25) is 0 Å². The Morgan fingerprint density at radius 1 is 1.44 bits per heavy atom. The number of carbonyl (C=O) groups excluding carboxylic acids is 1. The van der Waals surface area contributed by atoms with Gasteiger partial charge in [0.15, 0.2) is 0 Å². The molecule has 1 aliphatic heterocycles. The van der Waals surface area contributed by atoms with E-state index in [9.17, 15) is 4.79 Å². The summed E-state index contributed by atoms with van der Waals surface area (Å²) in [6.45, 7) is 5.61. The zero-order valence-corrected chi connectivity index (χ0v) is 11.2.